The van der Waals surface area contributed by atoms with Crippen LogP contribution >= 0.6 is 0 Å². The van der Waals surface area contributed by atoms with Crippen LogP contribution in [0.3, 0.4) is 0 Å². The summed E-state index contributed by atoms with van der Waals surface area (Å²) in [6, 6.07) is 8.72. The number of hydrogen-bond acceptors (Lipinski definition) is 5. The molecule has 2 amide bonds. The monoisotopic (exact) mass is 361 g/mol. The summed E-state index contributed by atoms with van der Waals surface area (Å²) in [5.41, 5.74) is 0.950. The third-order valence-corrected chi connectivity index (χ3v) is 3.85. The van der Waals surface area contributed by atoms with Crippen molar-refractivity contribution in [2.45, 2.75) is 25.5 Å². The highest BCUT2D eigenvalue weighted by Gasteiger charge is 2.31. The molecule has 1 aliphatic heterocycles. The molecule has 2 rings (SSSR count). The molecule has 1 fully saturated rings. The minimum Gasteiger partial charge on any atom is -0.465 e. The first-order valence-electron chi connectivity index (χ1n) is 8.26. The molecule has 1 saturated heterocycles. The topological polar surface area (TPSA) is 99.2 Å². The van der Waals surface area contributed by atoms with Gasteiger partial charge in [-0.15, -0.1) is 0 Å². The van der Waals surface area contributed by atoms with E-state index in [9.17, 15) is 19.5 Å². The minimum atomic E-state index is -1.24. The number of Topliss-reactive ketones (excluding diaryl/α,β-unsaturated/α-hetero) is 1. The first-order valence-corrected chi connectivity index (χ1v) is 8.26. The highest BCUT2D eigenvalue weighted by atomic mass is 16.5. The van der Waals surface area contributed by atoms with Gasteiger partial charge in [-0.2, -0.15) is 0 Å². The Kier molecular flexibility index (Phi) is 6.60. The lowest BCUT2D eigenvalue weighted by atomic mass is 10.1. The van der Waals surface area contributed by atoms with Gasteiger partial charge in [0.1, 0.15) is 12.3 Å². The van der Waals surface area contributed by atoms with Crippen LogP contribution in [-0.2, 0) is 16.1 Å². The van der Waals surface area contributed by atoms with Gasteiger partial charge in [-0.05, 0) is 12.0 Å². The molecule has 0 saturated carbocycles. The average molecular weight is 361 g/mol. The first-order chi connectivity index (χ1) is 12.4. The van der Waals surface area contributed by atoms with Crippen LogP contribution in [0, 0.1) is 0 Å². The van der Waals surface area contributed by atoms with Crippen molar-refractivity contribution >= 4 is 18.0 Å². The highest BCUT2D eigenvalue weighted by molar-refractivity contribution is 5.98. The molecule has 1 aromatic rings. The van der Waals surface area contributed by atoms with Crippen LogP contribution in [0.1, 0.15) is 18.4 Å². The maximum Gasteiger partial charge on any atom is 0.412 e. The Labute approximate surface area is 152 Å². The number of hydrogen-bond donors (Lipinski definition) is 2. The normalized spacial score (nSPS) is 19.0. The van der Waals surface area contributed by atoms with Gasteiger partial charge in [0.05, 0.1) is 6.04 Å². The molecular formula is C18H23N3O5. The molecule has 0 aromatic heterocycles. The van der Waals surface area contributed by atoms with Crippen molar-refractivity contribution in [3.63, 3.8) is 0 Å². The van der Waals surface area contributed by atoms with Crippen molar-refractivity contribution in [2.24, 2.45) is 0 Å². The van der Waals surface area contributed by atoms with Crippen molar-refractivity contribution in [1.29, 1.82) is 0 Å². The van der Waals surface area contributed by atoms with Gasteiger partial charge in [0.2, 0.25) is 0 Å². The number of rotatable bonds is 4. The van der Waals surface area contributed by atoms with Crippen LogP contribution < -0.4 is 5.32 Å². The van der Waals surface area contributed by atoms with E-state index in [1.807, 2.05) is 30.3 Å². The van der Waals surface area contributed by atoms with Crippen LogP contribution in [0.25, 0.3) is 0 Å². The van der Waals surface area contributed by atoms with Crippen molar-refractivity contribution in [3.8, 4) is 0 Å². The Bertz CT molecular complexity index is 687. The van der Waals surface area contributed by atoms with Crippen molar-refractivity contribution < 1.29 is 24.2 Å². The van der Waals surface area contributed by atoms with Crippen LogP contribution in [0.5, 0.6) is 0 Å². The smallest absolute Gasteiger partial charge is 0.412 e. The summed E-state index contributed by atoms with van der Waals surface area (Å²) in [5, 5.41) is 12.1. The number of likely N-dealkylation sites (tertiary alicyclic amines) is 1. The van der Waals surface area contributed by atoms with Gasteiger partial charge in [-0.3, -0.25) is 9.69 Å². The molecule has 1 atom stereocenters. The Morgan fingerprint density at radius 2 is 2.04 bits per heavy atom. The summed E-state index contributed by atoms with van der Waals surface area (Å²) in [7, 11) is 3.42. The number of carboxylic acid groups (broad SMARTS) is 1. The maximum absolute atomic E-state index is 12.3. The zero-order valence-corrected chi connectivity index (χ0v) is 14.8. The van der Waals surface area contributed by atoms with E-state index in [4.69, 9.17) is 4.74 Å². The number of carbonyl (C=O) groups excluding carboxylic acids is 2. The number of nitrogens with zero attached hydrogens (tertiary/aromatic N) is 2. The van der Waals surface area contributed by atoms with Crippen LogP contribution in [0.2, 0.25) is 0 Å². The molecule has 140 valence electrons. The molecule has 1 heterocycles. The summed E-state index contributed by atoms with van der Waals surface area (Å²) in [5.74, 6) is -0.275. The molecule has 0 spiro atoms. The maximum atomic E-state index is 12.3. The lowest BCUT2D eigenvalue weighted by Gasteiger charge is -2.24. The Hall–Kier alpha value is -3.03. The predicted molar refractivity (Wildman–Crippen MR) is 94.3 cm³/mol. The van der Waals surface area contributed by atoms with Crippen molar-refractivity contribution in [2.75, 3.05) is 20.6 Å². The van der Waals surface area contributed by atoms with Crippen molar-refractivity contribution in [1.82, 2.24) is 15.1 Å². The molecule has 26 heavy (non-hydrogen) atoms. The van der Waals surface area contributed by atoms with E-state index in [0.717, 1.165) is 10.5 Å². The Balaban J connectivity index is 2.00. The van der Waals surface area contributed by atoms with Gasteiger partial charge >= 0.3 is 12.2 Å². The van der Waals surface area contributed by atoms with E-state index in [0.29, 0.717) is 6.42 Å². The van der Waals surface area contributed by atoms with Crippen molar-refractivity contribution in [3.05, 3.63) is 47.8 Å². The zero-order chi connectivity index (χ0) is 19.1. The highest BCUT2D eigenvalue weighted by Crippen LogP contribution is 2.18. The molecule has 0 radical (unpaired) electrons. The van der Waals surface area contributed by atoms with Gasteiger partial charge in [0, 0.05) is 33.3 Å². The Morgan fingerprint density at radius 1 is 1.35 bits per heavy atom. The number of benzene rings is 1. The van der Waals surface area contributed by atoms with E-state index < -0.39 is 18.2 Å². The number of nitrogens with one attached hydrogen (secondary N) is 1. The van der Waals surface area contributed by atoms with Gasteiger partial charge in [0.15, 0.2) is 5.78 Å². The predicted octanol–water partition coefficient (Wildman–Crippen LogP) is 2.03. The number of alkyl carbamates (subject to hydrolysis) is 1. The summed E-state index contributed by atoms with van der Waals surface area (Å²) < 4.78 is 5.16. The fraction of sp³-hybridized carbons (Fsp3) is 0.389. The van der Waals surface area contributed by atoms with E-state index in [1.54, 1.807) is 19.0 Å². The second kappa shape index (κ2) is 8.89. The second-order valence-corrected chi connectivity index (χ2v) is 6.24. The molecule has 0 aliphatic carbocycles. The van der Waals surface area contributed by atoms with E-state index >= 15 is 0 Å². The first kappa shape index (κ1) is 19.3. The average Bonchev–Trinajstić information content (AvgIpc) is 2.74. The van der Waals surface area contributed by atoms with E-state index in [-0.39, 0.29) is 31.1 Å². The molecule has 2 N–H and O–H groups in total. The summed E-state index contributed by atoms with van der Waals surface area (Å²) in [6.07, 6.45) is 0.0856. The van der Waals surface area contributed by atoms with Gasteiger partial charge in [0.25, 0.3) is 0 Å². The number of ether oxygens (including phenoxy) is 1. The van der Waals surface area contributed by atoms with Crippen LogP contribution in [0.15, 0.2) is 42.2 Å². The van der Waals surface area contributed by atoms with Gasteiger partial charge in [-0.1, -0.05) is 30.3 Å². The van der Waals surface area contributed by atoms with Crippen LogP contribution in [0.4, 0.5) is 9.59 Å². The number of carbonyl (C=O) groups is 3. The Morgan fingerprint density at radius 3 is 2.65 bits per heavy atom. The second-order valence-electron chi connectivity index (χ2n) is 6.24. The van der Waals surface area contributed by atoms with Gasteiger partial charge < -0.3 is 20.1 Å². The SMILES string of the molecule is CN(C)C=C1C(=O)CC[C@H](NC(=O)OCc2ccccc2)CN1C(=O)O. The number of ketones is 1. The molecule has 8 nitrogen and oxygen atoms in total. The molecule has 0 unspecified atom stereocenters. The van der Waals surface area contributed by atoms with E-state index in [2.05, 4.69) is 5.32 Å². The summed E-state index contributed by atoms with van der Waals surface area (Å²) >= 11 is 0. The third-order valence-electron chi connectivity index (χ3n) is 3.85. The molecule has 0 bridgehead atoms. The lowest BCUT2D eigenvalue weighted by molar-refractivity contribution is -0.116. The molecular weight excluding hydrogens is 338 g/mol. The lowest BCUT2D eigenvalue weighted by Crippen LogP contribution is -2.44. The summed E-state index contributed by atoms with van der Waals surface area (Å²) in [4.78, 5) is 38.4. The third kappa shape index (κ3) is 5.51. The standard InChI is InChI=1S/C18H23N3O5/c1-20(2)11-15-16(22)9-8-14(10-21(15)18(24)25)19-17(23)26-12-13-6-4-3-5-7-13/h3-7,11,14H,8-10,12H2,1-2H3,(H,19,23)(H,24,25)/t14-/m0/s1. The fourth-order valence-corrected chi connectivity index (χ4v) is 2.61. The molecule has 8 heteroatoms. The van der Waals surface area contributed by atoms with E-state index in [1.165, 1.54) is 6.20 Å². The fourth-order valence-electron chi connectivity index (χ4n) is 2.61. The minimum absolute atomic E-state index is 0.0127. The van der Waals surface area contributed by atoms with Gasteiger partial charge in [-0.25, -0.2) is 9.59 Å². The zero-order valence-electron chi connectivity index (χ0n) is 14.8. The molecule has 1 aromatic carbocycles. The molecule has 1 aliphatic rings. The van der Waals surface area contributed by atoms with Crippen LogP contribution in [-0.4, -0.2) is 59.6 Å². The number of allylic oxidation sites excluding steroid dienone is 1. The summed E-state index contributed by atoms with van der Waals surface area (Å²) in [6.45, 7) is 0.105. The largest absolute Gasteiger partial charge is 0.465 e. The quantitative estimate of drug-likeness (QED) is 0.796. The number of amides is 2.